The number of halogens is 1. The molecule has 0 atom stereocenters. The summed E-state index contributed by atoms with van der Waals surface area (Å²) in [5.41, 5.74) is 3.11. The van der Waals surface area contributed by atoms with Gasteiger partial charge in [0, 0.05) is 28.5 Å². The van der Waals surface area contributed by atoms with Gasteiger partial charge in [-0.3, -0.25) is 0 Å². The third-order valence-corrected chi connectivity index (χ3v) is 4.88. The van der Waals surface area contributed by atoms with Crippen molar-refractivity contribution in [3.63, 3.8) is 0 Å². The second-order valence-corrected chi connectivity index (χ2v) is 6.55. The average Bonchev–Trinajstić information content (AvgIpc) is 2.91. The zero-order valence-corrected chi connectivity index (χ0v) is 13.3. The van der Waals surface area contributed by atoms with Crippen LogP contribution in [-0.2, 0) is 12.8 Å². The number of aromatic nitrogens is 1. The number of nitrogens with zero attached hydrogens (tertiary/aromatic N) is 1. The van der Waals surface area contributed by atoms with Crippen molar-refractivity contribution in [2.24, 2.45) is 0 Å². The maximum absolute atomic E-state index is 7.79. The predicted octanol–water partition coefficient (Wildman–Crippen LogP) is 4.33. The SMILES string of the molecule is N=C1CCc2nc(-c3ccc(OCCCCl)cc3)sc2C1. The van der Waals surface area contributed by atoms with Crippen LogP contribution in [0.5, 0.6) is 5.75 Å². The average molecular weight is 321 g/mol. The van der Waals surface area contributed by atoms with Crippen molar-refractivity contribution in [3.8, 4) is 16.3 Å². The first-order valence-electron chi connectivity index (χ1n) is 7.10. The fourth-order valence-corrected chi connectivity index (χ4v) is 3.59. The van der Waals surface area contributed by atoms with Crippen LogP contribution in [0, 0.1) is 5.41 Å². The Balaban J connectivity index is 1.73. The highest BCUT2D eigenvalue weighted by Gasteiger charge is 2.18. The summed E-state index contributed by atoms with van der Waals surface area (Å²) in [7, 11) is 0. The van der Waals surface area contributed by atoms with Gasteiger partial charge in [-0.25, -0.2) is 4.98 Å². The zero-order chi connectivity index (χ0) is 14.7. The molecular formula is C16H17ClN2OS. The number of hydrogen-bond donors (Lipinski definition) is 1. The highest BCUT2D eigenvalue weighted by Crippen LogP contribution is 2.32. The number of aryl methyl sites for hydroxylation is 1. The molecule has 3 nitrogen and oxygen atoms in total. The van der Waals surface area contributed by atoms with Gasteiger partial charge in [0.1, 0.15) is 10.8 Å². The molecule has 21 heavy (non-hydrogen) atoms. The molecular weight excluding hydrogens is 304 g/mol. The number of alkyl halides is 1. The molecule has 2 aromatic rings. The summed E-state index contributed by atoms with van der Waals surface area (Å²) >= 11 is 7.34. The molecule has 1 aromatic heterocycles. The second-order valence-electron chi connectivity index (χ2n) is 5.08. The Bertz CT molecular complexity index is 636. The molecule has 0 radical (unpaired) electrons. The van der Waals surface area contributed by atoms with Gasteiger partial charge in [0.15, 0.2) is 0 Å². The Kier molecular flexibility index (Phi) is 4.56. The maximum Gasteiger partial charge on any atom is 0.123 e. The smallest absolute Gasteiger partial charge is 0.123 e. The molecule has 110 valence electrons. The minimum atomic E-state index is 0.623. The van der Waals surface area contributed by atoms with Crippen LogP contribution in [0.2, 0.25) is 0 Å². The summed E-state index contributed by atoms with van der Waals surface area (Å²) in [6.07, 6.45) is 3.38. The number of hydrogen-bond acceptors (Lipinski definition) is 4. The van der Waals surface area contributed by atoms with E-state index < -0.39 is 0 Å². The summed E-state index contributed by atoms with van der Waals surface area (Å²) in [6, 6.07) is 8.05. The van der Waals surface area contributed by atoms with Crippen LogP contribution >= 0.6 is 22.9 Å². The molecule has 0 amide bonds. The second kappa shape index (κ2) is 6.58. The molecule has 0 spiro atoms. The minimum Gasteiger partial charge on any atom is -0.494 e. The van der Waals surface area contributed by atoms with Gasteiger partial charge in [-0.2, -0.15) is 0 Å². The number of benzene rings is 1. The van der Waals surface area contributed by atoms with Crippen molar-refractivity contribution in [2.75, 3.05) is 12.5 Å². The lowest BCUT2D eigenvalue weighted by Gasteiger charge is -2.09. The van der Waals surface area contributed by atoms with E-state index in [1.807, 2.05) is 24.3 Å². The van der Waals surface area contributed by atoms with Gasteiger partial charge in [0.25, 0.3) is 0 Å². The van der Waals surface area contributed by atoms with Crippen LogP contribution in [0.25, 0.3) is 10.6 Å². The van der Waals surface area contributed by atoms with Crippen molar-refractivity contribution in [1.82, 2.24) is 4.98 Å². The molecule has 0 saturated carbocycles. The Morgan fingerprint density at radius 2 is 2.05 bits per heavy atom. The van der Waals surface area contributed by atoms with E-state index in [0.717, 1.165) is 47.7 Å². The third-order valence-electron chi connectivity index (χ3n) is 3.46. The number of thiazole rings is 1. The van der Waals surface area contributed by atoms with Crippen LogP contribution in [0.4, 0.5) is 0 Å². The fraction of sp³-hybridized carbons (Fsp3) is 0.375. The molecule has 1 N–H and O–H groups in total. The molecule has 0 bridgehead atoms. The van der Waals surface area contributed by atoms with Crippen molar-refractivity contribution < 1.29 is 4.74 Å². The van der Waals surface area contributed by atoms with Crippen LogP contribution in [0.3, 0.4) is 0 Å². The molecule has 0 aliphatic heterocycles. The Labute approximate surface area is 133 Å². The lowest BCUT2D eigenvalue weighted by molar-refractivity contribution is 0.318. The summed E-state index contributed by atoms with van der Waals surface area (Å²) in [6.45, 7) is 0.649. The van der Waals surface area contributed by atoms with Crippen molar-refractivity contribution in [1.29, 1.82) is 5.41 Å². The molecule has 1 aliphatic carbocycles. The molecule has 3 rings (SSSR count). The number of fused-ring (bicyclic) bond motifs is 1. The number of ether oxygens (including phenoxy) is 1. The van der Waals surface area contributed by atoms with E-state index in [9.17, 15) is 0 Å². The number of rotatable bonds is 5. The summed E-state index contributed by atoms with van der Waals surface area (Å²) in [4.78, 5) is 5.98. The molecule has 0 saturated heterocycles. The predicted molar refractivity (Wildman–Crippen MR) is 88.1 cm³/mol. The Morgan fingerprint density at radius 3 is 2.81 bits per heavy atom. The van der Waals surface area contributed by atoms with Gasteiger partial charge in [-0.1, -0.05) is 0 Å². The number of nitrogens with one attached hydrogen (secondary N) is 1. The summed E-state index contributed by atoms with van der Waals surface area (Å²) < 4.78 is 5.60. The molecule has 1 aromatic carbocycles. The molecule has 0 unspecified atom stereocenters. The third kappa shape index (κ3) is 3.44. The van der Waals surface area contributed by atoms with Crippen molar-refractivity contribution in [2.45, 2.75) is 25.7 Å². The van der Waals surface area contributed by atoms with Crippen LogP contribution in [0.1, 0.15) is 23.4 Å². The van der Waals surface area contributed by atoms with Crippen LogP contribution in [0.15, 0.2) is 24.3 Å². The fourth-order valence-electron chi connectivity index (χ4n) is 2.33. The van der Waals surface area contributed by atoms with Gasteiger partial charge >= 0.3 is 0 Å². The van der Waals surface area contributed by atoms with E-state index in [0.29, 0.717) is 12.5 Å². The van der Waals surface area contributed by atoms with Gasteiger partial charge < -0.3 is 10.1 Å². The summed E-state index contributed by atoms with van der Waals surface area (Å²) in [5.74, 6) is 1.49. The van der Waals surface area contributed by atoms with E-state index >= 15 is 0 Å². The van der Waals surface area contributed by atoms with Gasteiger partial charge in [-0.15, -0.1) is 22.9 Å². The van der Waals surface area contributed by atoms with Crippen LogP contribution < -0.4 is 4.74 Å². The normalized spacial score (nSPS) is 14.0. The maximum atomic E-state index is 7.79. The highest BCUT2D eigenvalue weighted by molar-refractivity contribution is 7.15. The Morgan fingerprint density at radius 1 is 1.24 bits per heavy atom. The first-order chi connectivity index (χ1) is 10.3. The minimum absolute atomic E-state index is 0.623. The molecule has 0 fully saturated rings. The van der Waals surface area contributed by atoms with Gasteiger partial charge in [0.05, 0.1) is 12.3 Å². The summed E-state index contributed by atoms with van der Waals surface area (Å²) in [5, 5.41) is 8.84. The molecule has 5 heteroatoms. The first kappa shape index (κ1) is 14.5. The monoisotopic (exact) mass is 320 g/mol. The first-order valence-corrected chi connectivity index (χ1v) is 8.45. The van der Waals surface area contributed by atoms with Crippen molar-refractivity contribution >= 4 is 28.6 Å². The topological polar surface area (TPSA) is 46.0 Å². The van der Waals surface area contributed by atoms with E-state index in [4.69, 9.17) is 26.7 Å². The molecule has 1 heterocycles. The molecule has 1 aliphatic rings. The van der Waals surface area contributed by atoms with Gasteiger partial charge in [-0.05, 0) is 43.5 Å². The standard InChI is InChI=1S/C16H17ClN2OS/c17-8-1-9-20-13-5-2-11(3-6-13)16-19-14-7-4-12(18)10-15(14)21-16/h2-3,5-6,18H,1,4,7-10H2. The lowest BCUT2D eigenvalue weighted by Crippen LogP contribution is -2.10. The van der Waals surface area contributed by atoms with Gasteiger partial charge in [0.2, 0.25) is 0 Å². The van der Waals surface area contributed by atoms with Crippen molar-refractivity contribution in [3.05, 3.63) is 34.8 Å². The van der Waals surface area contributed by atoms with E-state index in [-0.39, 0.29) is 0 Å². The quantitative estimate of drug-likeness (QED) is 0.658. The van der Waals surface area contributed by atoms with Crippen LogP contribution in [-0.4, -0.2) is 23.2 Å². The van der Waals surface area contributed by atoms with E-state index in [2.05, 4.69) is 0 Å². The highest BCUT2D eigenvalue weighted by atomic mass is 35.5. The lowest BCUT2D eigenvalue weighted by atomic mass is 10.0. The van der Waals surface area contributed by atoms with E-state index in [1.54, 1.807) is 11.3 Å². The largest absolute Gasteiger partial charge is 0.494 e. The zero-order valence-electron chi connectivity index (χ0n) is 11.7. The van der Waals surface area contributed by atoms with E-state index in [1.165, 1.54) is 10.6 Å². The Hall–Kier alpha value is -1.39.